The minimum absolute atomic E-state index is 0.106. The number of pyridine rings is 1. The summed E-state index contributed by atoms with van der Waals surface area (Å²) < 4.78 is 2.13. The summed E-state index contributed by atoms with van der Waals surface area (Å²) in [7, 11) is 1.64. The van der Waals surface area contributed by atoms with E-state index >= 15 is 0 Å². The molecular formula is C17H24N6O. The van der Waals surface area contributed by atoms with Crippen LogP contribution in [0.15, 0.2) is 24.7 Å². The van der Waals surface area contributed by atoms with E-state index in [0.29, 0.717) is 17.5 Å². The molecule has 1 aliphatic rings. The van der Waals surface area contributed by atoms with E-state index in [1.165, 1.54) is 0 Å². The first-order chi connectivity index (χ1) is 11.6. The highest BCUT2D eigenvalue weighted by atomic mass is 16.1. The lowest BCUT2D eigenvalue weighted by Gasteiger charge is -2.34. The zero-order chi connectivity index (χ0) is 17.1. The Balaban J connectivity index is 1.87. The number of rotatable bonds is 4. The van der Waals surface area contributed by atoms with Crippen LogP contribution in [0.5, 0.6) is 0 Å². The number of hydrogen-bond donors (Lipinski definition) is 1. The van der Waals surface area contributed by atoms with Gasteiger partial charge in [-0.3, -0.25) is 4.79 Å². The van der Waals surface area contributed by atoms with Gasteiger partial charge in [-0.1, -0.05) is 0 Å². The maximum Gasteiger partial charge on any atom is 0.254 e. The molecule has 0 aliphatic carbocycles. The Hall–Kier alpha value is -2.44. The number of nitrogens with one attached hydrogen (secondary N) is 1. The minimum atomic E-state index is -0.106. The fourth-order valence-corrected chi connectivity index (χ4v) is 3.28. The largest absolute Gasteiger partial charge is 0.355 e. The van der Waals surface area contributed by atoms with Gasteiger partial charge in [0.05, 0.1) is 5.56 Å². The Morgan fingerprint density at radius 3 is 3.00 bits per heavy atom. The molecule has 1 aliphatic heterocycles. The summed E-state index contributed by atoms with van der Waals surface area (Å²) in [5, 5.41) is 11.1. The van der Waals surface area contributed by atoms with E-state index in [1.807, 2.05) is 6.07 Å². The lowest BCUT2D eigenvalue weighted by molar-refractivity contribution is 0.0963. The summed E-state index contributed by atoms with van der Waals surface area (Å²) in [6.07, 6.45) is 5.65. The molecule has 128 valence electrons. The van der Waals surface area contributed by atoms with Crippen molar-refractivity contribution >= 4 is 11.7 Å². The second-order valence-corrected chi connectivity index (χ2v) is 6.43. The van der Waals surface area contributed by atoms with Crippen LogP contribution in [0.1, 0.15) is 54.8 Å². The van der Waals surface area contributed by atoms with Crippen molar-refractivity contribution < 1.29 is 4.79 Å². The molecule has 0 aromatic carbocycles. The van der Waals surface area contributed by atoms with Gasteiger partial charge in [0, 0.05) is 38.3 Å². The Bertz CT molecular complexity index is 711. The second kappa shape index (κ2) is 6.98. The van der Waals surface area contributed by atoms with Crippen LogP contribution in [0.4, 0.5) is 5.82 Å². The molecule has 0 saturated carbocycles. The van der Waals surface area contributed by atoms with Crippen LogP contribution in [0.3, 0.4) is 0 Å². The van der Waals surface area contributed by atoms with Gasteiger partial charge in [0.1, 0.15) is 18.0 Å². The lowest BCUT2D eigenvalue weighted by Crippen LogP contribution is -2.37. The fraction of sp³-hybridized carbons (Fsp3) is 0.529. The average molecular weight is 328 g/mol. The van der Waals surface area contributed by atoms with Gasteiger partial charge in [0.2, 0.25) is 0 Å². The smallest absolute Gasteiger partial charge is 0.254 e. The van der Waals surface area contributed by atoms with Gasteiger partial charge in [-0.2, -0.15) is 0 Å². The topological polar surface area (TPSA) is 75.9 Å². The third-order valence-corrected chi connectivity index (χ3v) is 4.50. The van der Waals surface area contributed by atoms with E-state index in [2.05, 4.69) is 43.8 Å². The highest BCUT2D eigenvalue weighted by molar-refractivity contribution is 5.98. The molecule has 3 heterocycles. The molecule has 2 aromatic heterocycles. The van der Waals surface area contributed by atoms with Crippen LogP contribution in [0.25, 0.3) is 0 Å². The number of amides is 1. The molecular weight excluding hydrogens is 304 g/mol. The molecule has 0 radical (unpaired) electrons. The van der Waals surface area contributed by atoms with Crippen LogP contribution < -0.4 is 10.2 Å². The maximum atomic E-state index is 12.1. The number of anilines is 1. The Morgan fingerprint density at radius 1 is 1.42 bits per heavy atom. The first kappa shape index (κ1) is 16.4. The lowest BCUT2D eigenvalue weighted by atomic mass is 9.96. The number of nitrogens with zero attached hydrogens (tertiary/aromatic N) is 5. The summed E-state index contributed by atoms with van der Waals surface area (Å²) >= 11 is 0. The van der Waals surface area contributed by atoms with Gasteiger partial charge in [-0.05, 0) is 38.8 Å². The molecule has 0 spiro atoms. The van der Waals surface area contributed by atoms with Crippen molar-refractivity contribution in [1.82, 2.24) is 25.1 Å². The van der Waals surface area contributed by atoms with Crippen molar-refractivity contribution in [3.05, 3.63) is 36.0 Å². The normalized spacial score (nSPS) is 18.0. The summed E-state index contributed by atoms with van der Waals surface area (Å²) in [5.41, 5.74) is 0.617. The standard InChI is InChI=1S/C17H24N6O/c1-12(2)23-11-20-21-15(23)13-6-5-9-22(10-13)16-14(17(24)18-3)7-4-8-19-16/h4,7-8,11-13H,5-6,9-10H2,1-3H3,(H,18,24). The summed E-state index contributed by atoms with van der Waals surface area (Å²) in [4.78, 5) is 18.8. The Morgan fingerprint density at radius 2 is 2.25 bits per heavy atom. The van der Waals surface area contributed by atoms with Crippen molar-refractivity contribution in [1.29, 1.82) is 0 Å². The minimum Gasteiger partial charge on any atom is -0.355 e. The molecule has 0 bridgehead atoms. The van der Waals surface area contributed by atoms with Crippen molar-refractivity contribution in [2.75, 3.05) is 25.0 Å². The van der Waals surface area contributed by atoms with Crippen LogP contribution >= 0.6 is 0 Å². The predicted molar refractivity (Wildman–Crippen MR) is 92.2 cm³/mol. The summed E-state index contributed by atoms with van der Waals surface area (Å²) in [5.74, 6) is 1.96. The number of hydrogen-bond acceptors (Lipinski definition) is 5. The molecule has 2 aromatic rings. The molecule has 1 N–H and O–H groups in total. The van der Waals surface area contributed by atoms with E-state index in [-0.39, 0.29) is 5.91 Å². The molecule has 1 saturated heterocycles. The van der Waals surface area contributed by atoms with Crippen LogP contribution in [0.2, 0.25) is 0 Å². The molecule has 1 fully saturated rings. The van der Waals surface area contributed by atoms with Gasteiger partial charge < -0.3 is 14.8 Å². The number of carbonyl (C=O) groups is 1. The maximum absolute atomic E-state index is 12.1. The number of carbonyl (C=O) groups excluding carboxylic acids is 1. The van der Waals surface area contributed by atoms with Crippen molar-refractivity contribution in [2.24, 2.45) is 0 Å². The molecule has 3 rings (SSSR count). The average Bonchev–Trinajstić information content (AvgIpc) is 3.11. The third-order valence-electron chi connectivity index (χ3n) is 4.50. The number of piperidine rings is 1. The van der Waals surface area contributed by atoms with E-state index in [4.69, 9.17) is 0 Å². The first-order valence-corrected chi connectivity index (χ1v) is 8.43. The quantitative estimate of drug-likeness (QED) is 0.929. The number of aromatic nitrogens is 4. The van der Waals surface area contributed by atoms with Crippen molar-refractivity contribution in [3.63, 3.8) is 0 Å². The summed E-state index contributed by atoms with van der Waals surface area (Å²) in [6.45, 7) is 5.96. The molecule has 1 atom stereocenters. The molecule has 1 amide bonds. The van der Waals surface area contributed by atoms with E-state index in [9.17, 15) is 4.79 Å². The van der Waals surface area contributed by atoms with Crippen LogP contribution in [-0.2, 0) is 0 Å². The zero-order valence-corrected chi connectivity index (χ0v) is 14.4. The summed E-state index contributed by atoms with van der Waals surface area (Å²) in [6, 6.07) is 3.95. The van der Waals surface area contributed by atoms with E-state index < -0.39 is 0 Å². The van der Waals surface area contributed by atoms with Crippen molar-refractivity contribution in [2.45, 2.75) is 38.6 Å². The molecule has 7 nitrogen and oxygen atoms in total. The fourth-order valence-electron chi connectivity index (χ4n) is 3.28. The molecule has 7 heteroatoms. The van der Waals surface area contributed by atoms with Crippen LogP contribution in [-0.4, -0.2) is 45.8 Å². The monoisotopic (exact) mass is 328 g/mol. The van der Waals surface area contributed by atoms with Crippen molar-refractivity contribution in [3.8, 4) is 0 Å². The SMILES string of the molecule is CNC(=O)c1cccnc1N1CCCC(c2nncn2C(C)C)C1. The first-order valence-electron chi connectivity index (χ1n) is 8.43. The van der Waals surface area contributed by atoms with E-state index in [0.717, 1.165) is 37.6 Å². The second-order valence-electron chi connectivity index (χ2n) is 6.43. The zero-order valence-electron chi connectivity index (χ0n) is 14.4. The highest BCUT2D eigenvalue weighted by Gasteiger charge is 2.28. The van der Waals surface area contributed by atoms with Crippen LogP contribution in [0, 0.1) is 0 Å². The van der Waals surface area contributed by atoms with Gasteiger partial charge in [-0.15, -0.1) is 10.2 Å². The molecule has 1 unspecified atom stereocenters. The highest BCUT2D eigenvalue weighted by Crippen LogP contribution is 2.30. The predicted octanol–water partition coefficient (Wildman–Crippen LogP) is 2.00. The third kappa shape index (κ3) is 3.11. The Labute approximate surface area is 142 Å². The van der Waals surface area contributed by atoms with E-state index in [1.54, 1.807) is 25.6 Å². The van der Waals surface area contributed by atoms with Gasteiger partial charge >= 0.3 is 0 Å². The Kier molecular flexibility index (Phi) is 4.78. The van der Waals surface area contributed by atoms with Gasteiger partial charge in [0.25, 0.3) is 5.91 Å². The van der Waals surface area contributed by atoms with Gasteiger partial charge in [0.15, 0.2) is 0 Å². The molecule has 24 heavy (non-hydrogen) atoms. The van der Waals surface area contributed by atoms with Gasteiger partial charge in [-0.25, -0.2) is 4.98 Å².